The van der Waals surface area contributed by atoms with E-state index in [9.17, 15) is 9.59 Å². The molecule has 0 aliphatic carbocycles. The molecule has 0 aliphatic heterocycles. The molecule has 0 radical (unpaired) electrons. The molecule has 0 saturated carbocycles. The van der Waals surface area contributed by atoms with Crippen LogP contribution in [0.25, 0.3) is 0 Å². The molecule has 0 aromatic heterocycles. The number of carbonyl (C=O) groups excluding carboxylic acids is 2. The van der Waals surface area contributed by atoms with Gasteiger partial charge in [-0.3, -0.25) is 20.4 Å². The Balaban J connectivity index is 2.08. The van der Waals surface area contributed by atoms with Crippen molar-refractivity contribution in [2.45, 2.75) is 13.8 Å². The maximum absolute atomic E-state index is 12.2. The van der Waals surface area contributed by atoms with Gasteiger partial charge in [0.2, 0.25) is 0 Å². The number of ether oxygens (including phenoxy) is 1. The molecule has 0 unspecified atom stereocenters. The molecule has 0 atom stereocenters. The predicted molar refractivity (Wildman–Crippen MR) is 91.5 cm³/mol. The van der Waals surface area contributed by atoms with Crippen LogP contribution in [0, 0.1) is 13.8 Å². The van der Waals surface area contributed by atoms with Crippen molar-refractivity contribution in [2.75, 3.05) is 7.11 Å². The zero-order valence-corrected chi connectivity index (χ0v) is 14.7. The number of rotatable bonds is 3. The highest BCUT2D eigenvalue weighted by molar-refractivity contribution is 9.10. The first-order chi connectivity index (χ1) is 10.9. The first-order valence-corrected chi connectivity index (χ1v) is 7.73. The summed E-state index contributed by atoms with van der Waals surface area (Å²) in [6.45, 7) is 3.80. The first-order valence-electron chi connectivity index (χ1n) is 6.94. The second-order valence-electron chi connectivity index (χ2n) is 5.07. The lowest BCUT2D eigenvalue weighted by molar-refractivity contribution is 0.0845. The summed E-state index contributed by atoms with van der Waals surface area (Å²) in [5, 5.41) is 0. The third-order valence-corrected chi connectivity index (χ3v) is 4.03. The monoisotopic (exact) mass is 376 g/mol. The van der Waals surface area contributed by atoms with Gasteiger partial charge in [0, 0.05) is 10.0 Å². The molecule has 120 valence electrons. The van der Waals surface area contributed by atoms with Crippen LogP contribution in [-0.4, -0.2) is 18.9 Å². The lowest BCUT2D eigenvalue weighted by Crippen LogP contribution is -2.42. The van der Waals surface area contributed by atoms with Crippen molar-refractivity contribution in [3.8, 4) is 5.75 Å². The molecule has 0 aliphatic rings. The first kappa shape index (κ1) is 17.0. The third kappa shape index (κ3) is 4.10. The number of nitrogens with one attached hydrogen (secondary N) is 2. The van der Waals surface area contributed by atoms with Crippen molar-refractivity contribution in [3.05, 3.63) is 63.1 Å². The van der Waals surface area contributed by atoms with Crippen LogP contribution in [0.1, 0.15) is 31.8 Å². The number of methoxy groups -OCH3 is 1. The van der Waals surface area contributed by atoms with Gasteiger partial charge in [0.1, 0.15) is 5.75 Å². The predicted octanol–water partition coefficient (Wildman–Crippen LogP) is 3.15. The Morgan fingerprint density at radius 2 is 1.61 bits per heavy atom. The van der Waals surface area contributed by atoms with Crippen molar-refractivity contribution in [2.24, 2.45) is 0 Å². The van der Waals surface area contributed by atoms with E-state index in [0.29, 0.717) is 21.3 Å². The maximum Gasteiger partial charge on any atom is 0.270 e. The fraction of sp³-hybridized carbons (Fsp3) is 0.176. The largest absolute Gasteiger partial charge is 0.497 e. The maximum atomic E-state index is 12.2. The van der Waals surface area contributed by atoms with E-state index in [1.165, 1.54) is 7.11 Å². The fourth-order valence-corrected chi connectivity index (χ4v) is 2.55. The highest BCUT2D eigenvalue weighted by atomic mass is 79.9. The smallest absolute Gasteiger partial charge is 0.270 e. The quantitative estimate of drug-likeness (QED) is 0.808. The Bertz CT molecular complexity index is 759. The van der Waals surface area contributed by atoms with E-state index in [2.05, 4.69) is 26.8 Å². The van der Waals surface area contributed by atoms with Crippen LogP contribution in [0.15, 0.2) is 40.9 Å². The molecule has 2 rings (SSSR count). The number of aryl methyl sites for hydroxylation is 2. The summed E-state index contributed by atoms with van der Waals surface area (Å²) in [7, 11) is 1.52. The standard InChI is InChI=1S/C17H17BrN2O3/c1-10-4-6-13(11(2)8-10)16(21)19-20-17(22)14-9-12(23-3)5-7-15(14)18/h4-9H,1-3H3,(H,19,21)(H,20,22). The second-order valence-corrected chi connectivity index (χ2v) is 5.93. The molecule has 0 heterocycles. The van der Waals surface area contributed by atoms with E-state index in [0.717, 1.165) is 11.1 Å². The van der Waals surface area contributed by atoms with Gasteiger partial charge in [0.15, 0.2) is 0 Å². The molecule has 0 saturated heterocycles. The minimum atomic E-state index is -0.436. The van der Waals surface area contributed by atoms with Crippen molar-refractivity contribution in [1.82, 2.24) is 10.9 Å². The molecule has 0 spiro atoms. The molecule has 0 bridgehead atoms. The molecule has 23 heavy (non-hydrogen) atoms. The van der Waals surface area contributed by atoms with E-state index in [-0.39, 0.29) is 5.91 Å². The lowest BCUT2D eigenvalue weighted by Gasteiger charge is -2.11. The molecule has 5 nitrogen and oxygen atoms in total. The van der Waals surface area contributed by atoms with Gasteiger partial charge in [-0.25, -0.2) is 0 Å². The summed E-state index contributed by atoms with van der Waals surface area (Å²) in [5.74, 6) is -0.247. The van der Waals surface area contributed by atoms with E-state index in [1.807, 2.05) is 26.0 Å². The zero-order chi connectivity index (χ0) is 17.0. The molecule has 2 aromatic rings. The van der Waals surface area contributed by atoms with Crippen LogP contribution in [0.4, 0.5) is 0 Å². The summed E-state index contributed by atoms with van der Waals surface area (Å²) >= 11 is 3.30. The number of halogens is 1. The van der Waals surface area contributed by atoms with Gasteiger partial charge in [0.05, 0.1) is 12.7 Å². The summed E-state index contributed by atoms with van der Waals surface area (Å²) in [4.78, 5) is 24.4. The molecule has 2 N–H and O–H groups in total. The van der Waals surface area contributed by atoms with Crippen LogP contribution < -0.4 is 15.6 Å². The minimum Gasteiger partial charge on any atom is -0.497 e. The number of benzene rings is 2. The SMILES string of the molecule is COc1ccc(Br)c(C(=O)NNC(=O)c2ccc(C)cc2C)c1. The highest BCUT2D eigenvalue weighted by Gasteiger charge is 2.14. The van der Waals surface area contributed by atoms with Gasteiger partial charge in [-0.15, -0.1) is 0 Å². The molecule has 2 aromatic carbocycles. The number of amides is 2. The van der Waals surface area contributed by atoms with Crippen LogP contribution in [-0.2, 0) is 0 Å². The van der Waals surface area contributed by atoms with Gasteiger partial charge in [-0.2, -0.15) is 0 Å². The van der Waals surface area contributed by atoms with Crippen molar-refractivity contribution in [3.63, 3.8) is 0 Å². The Labute approximate surface area is 143 Å². The Morgan fingerprint density at radius 1 is 0.957 bits per heavy atom. The molecule has 6 heteroatoms. The van der Waals surface area contributed by atoms with Crippen molar-refractivity contribution >= 4 is 27.7 Å². The van der Waals surface area contributed by atoms with E-state index >= 15 is 0 Å². The van der Waals surface area contributed by atoms with Gasteiger partial charge in [-0.05, 0) is 59.6 Å². The normalized spacial score (nSPS) is 10.1. The van der Waals surface area contributed by atoms with Crippen molar-refractivity contribution < 1.29 is 14.3 Å². The number of carbonyl (C=O) groups is 2. The van der Waals surface area contributed by atoms with Crippen LogP contribution in [0.2, 0.25) is 0 Å². The Kier molecular flexibility index (Phi) is 5.39. The second kappa shape index (κ2) is 7.28. The Morgan fingerprint density at radius 3 is 2.22 bits per heavy atom. The molecular weight excluding hydrogens is 360 g/mol. The molecule has 2 amide bonds. The van der Waals surface area contributed by atoms with E-state index in [4.69, 9.17) is 4.74 Å². The van der Waals surface area contributed by atoms with Crippen molar-refractivity contribution in [1.29, 1.82) is 0 Å². The number of hydrogen-bond acceptors (Lipinski definition) is 3. The summed E-state index contributed by atoms with van der Waals surface area (Å²) < 4.78 is 5.70. The third-order valence-electron chi connectivity index (χ3n) is 3.33. The van der Waals surface area contributed by atoms with E-state index in [1.54, 1.807) is 24.3 Å². The zero-order valence-electron chi connectivity index (χ0n) is 13.1. The Hall–Kier alpha value is -2.34. The minimum absolute atomic E-state index is 0.366. The highest BCUT2D eigenvalue weighted by Crippen LogP contribution is 2.22. The summed E-state index contributed by atoms with van der Waals surface area (Å²) in [6, 6.07) is 10.5. The molecular formula is C17H17BrN2O3. The van der Waals surface area contributed by atoms with Crippen LogP contribution in [0.5, 0.6) is 5.75 Å². The average Bonchev–Trinajstić information content (AvgIpc) is 2.52. The number of hydrazine groups is 1. The van der Waals surface area contributed by atoms with Crippen LogP contribution >= 0.6 is 15.9 Å². The fourth-order valence-electron chi connectivity index (χ4n) is 2.12. The summed E-state index contributed by atoms with van der Waals surface area (Å²) in [6.07, 6.45) is 0. The number of hydrogen-bond donors (Lipinski definition) is 2. The average molecular weight is 377 g/mol. The summed E-state index contributed by atoms with van der Waals surface area (Å²) in [5.41, 5.74) is 7.63. The van der Waals surface area contributed by atoms with Gasteiger partial charge in [0.25, 0.3) is 11.8 Å². The lowest BCUT2D eigenvalue weighted by atomic mass is 10.1. The molecule has 0 fully saturated rings. The van der Waals surface area contributed by atoms with Gasteiger partial charge in [-0.1, -0.05) is 17.7 Å². The van der Waals surface area contributed by atoms with Gasteiger partial charge >= 0.3 is 0 Å². The van der Waals surface area contributed by atoms with E-state index < -0.39 is 5.91 Å². The topological polar surface area (TPSA) is 67.4 Å². The van der Waals surface area contributed by atoms with Crippen LogP contribution in [0.3, 0.4) is 0 Å². The van der Waals surface area contributed by atoms with Gasteiger partial charge < -0.3 is 4.74 Å².